The third-order valence-corrected chi connectivity index (χ3v) is 5.60. The fourth-order valence-electron chi connectivity index (χ4n) is 3.91. The number of aromatic nitrogens is 1. The zero-order chi connectivity index (χ0) is 21.5. The summed E-state index contributed by atoms with van der Waals surface area (Å²) < 4.78 is 7.56. The Balaban J connectivity index is 2.07. The summed E-state index contributed by atoms with van der Waals surface area (Å²) in [5.41, 5.74) is 2.70. The predicted molar refractivity (Wildman–Crippen MR) is 125 cm³/mol. The van der Waals surface area contributed by atoms with Gasteiger partial charge in [-0.3, -0.25) is 0 Å². The normalized spacial score (nSPS) is 11.4. The van der Waals surface area contributed by atoms with Crippen LogP contribution in [-0.4, -0.2) is 42.2 Å². The molecule has 160 valence electrons. The molecule has 0 bridgehead atoms. The maximum Gasteiger partial charge on any atom is 0.355 e. The van der Waals surface area contributed by atoms with Crippen LogP contribution in [0.4, 0.5) is 0 Å². The van der Waals surface area contributed by atoms with Gasteiger partial charge in [-0.15, -0.1) is 0 Å². The van der Waals surface area contributed by atoms with E-state index < -0.39 is 0 Å². The average molecular weight is 427 g/mol. The highest BCUT2D eigenvalue weighted by atomic mass is 35.5. The smallest absolute Gasteiger partial charge is 0.355 e. The van der Waals surface area contributed by atoms with E-state index >= 15 is 0 Å². The molecule has 0 N–H and O–H groups in total. The highest BCUT2D eigenvalue weighted by Crippen LogP contribution is 2.36. The van der Waals surface area contributed by atoms with Crippen LogP contribution in [0.5, 0.6) is 0 Å². The molecule has 0 aliphatic carbocycles. The number of ether oxygens (including phenoxy) is 1. The Kier molecular flexibility index (Phi) is 7.94. The molecule has 2 aromatic carbocycles. The molecule has 0 spiro atoms. The fourth-order valence-corrected chi connectivity index (χ4v) is 4.08. The Hall–Kier alpha value is -2.30. The first-order valence-corrected chi connectivity index (χ1v) is 11.2. The molecule has 0 aliphatic rings. The molecule has 30 heavy (non-hydrogen) atoms. The maximum atomic E-state index is 13.0. The maximum absolute atomic E-state index is 13.0. The number of hydrogen-bond acceptors (Lipinski definition) is 3. The van der Waals surface area contributed by atoms with E-state index in [9.17, 15) is 4.79 Å². The molecule has 1 heterocycles. The summed E-state index contributed by atoms with van der Waals surface area (Å²) in [5, 5.41) is 2.53. The van der Waals surface area contributed by atoms with Gasteiger partial charge in [0, 0.05) is 22.3 Å². The molecule has 0 amide bonds. The molecule has 4 nitrogen and oxygen atoms in total. The molecular formula is C25H31ClN2O2. The lowest BCUT2D eigenvalue weighted by Crippen LogP contribution is -2.23. The quantitative estimate of drug-likeness (QED) is 0.359. The van der Waals surface area contributed by atoms with Gasteiger partial charge in [0.15, 0.2) is 0 Å². The van der Waals surface area contributed by atoms with Gasteiger partial charge in [-0.2, -0.15) is 0 Å². The minimum atomic E-state index is -0.286. The van der Waals surface area contributed by atoms with Gasteiger partial charge < -0.3 is 14.2 Å². The number of rotatable bonds is 10. The number of fused-ring (bicyclic) bond motifs is 1. The molecule has 0 fully saturated rings. The highest BCUT2D eigenvalue weighted by Gasteiger charge is 2.24. The number of carbonyl (C=O) groups excluding carboxylic acids is 1. The van der Waals surface area contributed by atoms with E-state index in [1.165, 1.54) is 12.8 Å². The summed E-state index contributed by atoms with van der Waals surface area (Å²) in [6.45, 7) is 7.20. The molecule has 5 heteroatoms. The highest BCUT2D eigenvalue weighted by molar-refractivity contribution is 6.31. The standard InChI is InChI=1S/C25H31ClN2O2/c1-4-6-15-27(3)16-10-17-28-23(19-11-8-7-9-12-19)22-18-20(26)13-14-21(22)24(28)25(29)30-5-2/h7-9,11-14,18H,4-6,10,15-17H2,1-3H3. The SMILES string of the molecule is CCCCN(C)CCCn1c(C(=O)OCC)c2ccc(Cl)cc2c1-c1ccccc1. The van der Waals surface area contributed by atoms with Gasteiger partial charge in [0.25, 0.3) is 0 Å². The van der Waals surface area contributed by atoms with Crippen molar-refractivity contribution in [2.24, 2.45) is 0 Å². The second-order valence-corrected chi connectivity index (χ2v) is 8.07. The fraction of sp³-hybridized carbons (Fsp3) is 0.400. The lowest BCUT2D eigenvalue weighted by atomic mass is 10.1. The van der Waals surface area contributed by atoms with Crippen LogP contribution in [-0.2, 0) is 11.3 Å². The molecule has 0 saturated carbocycles. The lowest BCUT2D eigenvalue weighted by molar-refractivity contribution is 0.0516. The molecule has 1 aromatic heterocycles. The van der Waals surface area contributed by atoms with Crippen molar-refractivity contribution in [2.45, 2.75) is 39.7 Å². The Bertz CT molecular complexity index is 982. The van der Waals surface area contributed by atoms with Gasteiger partial charge in [0.1, 0.15) is 5.69 Å². The number of halogens is 1. The van der Waals surface area contributed by atoms with E-state index in [4.69, 9.17) is 16.3 Å². The summed E-state index contributed by atoms with van der Waals surface area (Å²) >= 11 is 6.34. The number of carbonyl (C=O) groups is 1. The zero-order valence-corrected chi connectivity index (χ0v) is 18.9. The Labute approximate surface area is 184 Å². The first-order chi connectivity index (χ1) is 14.6. The number of benzene rings is 2. The first-order valence-electron chi connectivity index (χ1n) is 10.8. The van der Waals surface area contributed by atoms with Crippen molar-refractivity contribution in [3.05, 3.63) is 59.2 Å². The number of hydrogen-bond donors (Lipinski definition) is 0. The average Bonchev–Trinajstić information content (AvgIpc) is 3.06. The second-order valence-electron chi connectivity index (χ2n) is 7.64. The molecule has 0 radical (unpaired) electrons. The van der Waals surface area contributed by atoms with Crippen molar-refractivity contribution in [3.8, 4) is 11.3 Å². The zero-order valence-electron chi connectivity index (χ0n) is 18.2. The molecule has 0 unspecified atom stereocenters. The van der Waals surface area contributed by atoms with Gasteiger partial charge in [-0.1, -0.05) is 61.3 Å². The van der Waals surface area contributed by atoms with E-state index in [0.717, 1.165) is 48.1 Å². The largest absolute Gasteiger partial charge is 0.461 e. The van der Waals surface area contributed by atoms with Crippen LogP contribution in [0, 0.1) is 0 Å². The first kappa shape index (κ1) is 22.4. The van der Waals surface area contributed by atoms with Gasteiger partial charge in [-0.05, 0) is 57.6 Å². The van der Waals surface area contributed by atoms with Crippen molar-refractivity contribution >= 4 is 28.3 Å². The van der Waals surface area contributed by atoms with Crippen molar-refractivity contribution < 1.29 is 9.53 Å². The second kappa shape index (κ2) is 10.6. The minimum Gasteiger partial charge on any atom is -0.461 e. The predicted octanol–water partition coefficient (Wildman–Crippen LogP) is 6.26. The molecule has 0 saturated heterocycles. The Morgan fingerprint density at radius 2 is 1.77 bits per heavy atom. The van der Waals surface area contributed by atoms with Crippen LogP contribution < -0.4 is 0 Å². The van der Waals surface area contributed by atoms with E-state index in [1.54, 1.807) is 0 Å². The summed E-state index contributed by atoms with van der Waals surface area (Å²) in [7, 11) is 2.16. The molecule has 3 rings (SSSR count). The third kappa shape index (κ3) is 5.05. The van der Waals surface area contributed by atoms with E-state index in [2.05, 4.69) is 35.6 Å². The van der Waals surface area contributed by atoms with E-state index in [0.29, 0.717) is 17.3 Å². The van der Waals surface area contributed by atoms with Crippen molar-refractivity contribution in [1.29, 1.82) is 0 Å². The summed E-state index contributed by atoms with van der Waals surface area (Å²) in [4.78, 5) is 15.3. The lowest BCUT2D eigenvalue weighted by Gasteiger charge is -2.18. The van der Waals surface area contributed by atoms with Crippen molar-refractivity contribution in [2.75, 3.05) is 26.7 Å². The van der Waals surface area contributed by atoms with Crippen molar-refractivity contribution in [3.63, 3.8) is 0 Å². The van der Waals surface area contributed by atoms with Crippen LogP contribution >= 0.6 is 11.6 Å². The van der Waals surface area contributed by atoms with Gasteiger partial charge >= 0.3 is 5.97 Å². The Morgan fingerprint density at radius 1 is 1.03 bits per heavy atom. The van der Waals surface area contributed by atoms with Crippen LogP contribution in [0.15, 0.2) is 48.5 Å². The van der Waals surface area contributed by atoms with E-state index in [1.807, 2.05) is 43.3 Å². The molecule has 3 aromatic rings. The van der Waals surface area contributed by atoms with Gasteiger partial charge in [-0.25, -0.2) is 4.79 Å². The van der Waals surface area contributed by atoms with Crippen molar-refractivity contribution in [1.82, 2.24) is 9.47 Å². The topological polar surface area (TPSA) is 34.5 Å². The molecule has 0 aliphatic heterocycles. The summed E-state index contributed by atoms with van der Waals surface area (Å²) in [6, 6.07) is 15.9. The van der Waals surface area contributed by atoms with Crippen LogP contribution in [0.2, 0.25) is 5.02 Å². The number of nitrogens with zero attached hydrogens (tertiary/aromatic N) is 2. The third-order valence-electron chi connectivity index (χ3n) is 5.36. The summed E-state index contributed by atoms with van der Waals surface area (Å²) in [6.07, 6.45) is 3.34. The number of unbranched alkanes of at least 4 members (excludes halogenated alkanes) is 1. The van der Waals surface area contributed by atoms with Gasteiger partial charge in [0.05, 0.1) is 12.3 Å². The monoisotopic (exact) mass is 426 g/mol. The number of esters is 1. The van der Waals surface area contributed by atoms with Crippen LogP contribution in [0.25, 0.3) is 22.0 Å². The minimum absolute atomic E-state index is 0.286. The van der Waals surface area contributed by atoms with E-state index in [-0.39, 0.29) is 5.97 Å². The Morgan fingerprint density at radius 3 is 2.47 bits per heavy atom. The molecule has 0 atom stereocenters. The molecular weight excluding hydrogens is 396 g/mol. The van der Waals surface area contributed by atoms with Crippen LogP contribution in [0.3, 0.4) is 0 Å². The van der Waals surface area contributed by atoms with Crippen LogP contribution in [0.1, 0.15) is 43.6 Å². The summed E-state index contributed by atoms with van der Waals surface area (Å²) in [5.74, 6) is -0.286. The van der Waals surface area contributed by atoms with Gasteiger partial charge in [0.2, 0.25) is 0 Å².